The number of nitriles is 1. The van der Waals surface area contributed by atoms with E-state index in [0.29, 0.717) is 25.0 Å². The SMILES string of the molecule is CCOc1ccc2c(=O)n(CCC#N)ccc2c1. The van der Waals surface area contributed by atoms with Crippen molar-refractivity contribution in [1.29, 1.82) is 5.26 Å². The highest BCUT2D eigenvalue weighted by molar-refractivity contribution is 5.82. The molecule has 0 aliphatic heterocycles. The first-order valence-electron chi connectivity index (χ1n) is 5.89. The number of nitrogens with zero attached hydrogens (tertiary/aromatic N) is 2. The standard InChI is InChI=1S/C14H14N2O2/c1-2-18-12-4-5-13-11(10-12)6-9-16(14(13)17)8-3-7-15/h4-6,9-10H,2-3,8H2,1H3. The number of fused-ring (bicyclic) bond motifs is 1. The molecule has 1 aromatic heterocycles. The first-order chi connectivity index (χ1) is 8.76. The van der Waals surface area contributed by atoms with E-state index >= 15 is 0 Å². The van der Waals surface area contributed by atoms with Gasteiger partial charge in [0, 0.05) is 18.1 Å². The minimum absolute atomic E-state index is 0.0641. The van der Waals surface area contributed by atoms with Gasteiger partial charge in [0.05, 0.1) is 19.1 Å². The lowest BCUT2D eigenvalue weighted by atomic mass is 10.1. The fraction of sp³-hybridized carbons (Fsp3) is 0.286. The van der Waals surface area contributed by atoms with Crippen molar-refractivity contribution in [3.05, 3.63) is 40.8 Å². The van der Waals surface area contributed by atoms with Gasteiger partial charge in [0.25, 0.3) is 5.56 Å². The van der Waals surface area contributed by atoms with E-state index in [4.69, 9.17) is 10.00 Å². The van der Waals surface area contributed by atoms with Crippen LogP contribution < -0.4 is 10.3 Å². The molecule has 4 heteroatoms. The van der Waals surface area contributed by atoms with Crippen LogP contribution in [-0.2, 0) is 6.54 Å². The molecule has 0 unspecified atom stereocenters. The van der Waals surface area contributed by atoms with E-state index in [1.54, 1.807) is 22.9 Å². The zero-order valence-electron chi connectivity index (χ0n) is 10.2. The summed E-state index contributed by atoms with van der Waals surface area (Å²) in [4.78, 5) is 12.1. The van der Waals surface area contributed by atoms with Crippen LogP contribution in [0.1, 0.15) is 13.3 Å². The number of aromatic nitrogens is 1. The van der Waals surface area contributed by atoms with Crippen molar-refractivity contribution in [1.82, 2.24) is 4.57 Å². The van der Waals surface area contributed by atoms with Gasteiger partial charge in [-0.3, -0.25) is 4.79 Å². The van der Waals surface area contributed by atoms with Gasteiger partial charge in [0.15, 0.2) is 0 Å². The summed E-state index contributed by atoms with van der Waals surface area (Å²) in [6, 6.07) is 9.33. The van der Waals surface area contributed by atoms with Crippen molar-refractivity contribution in [3.8, 4) is 11.8 Å². The van der Waals surface area contributed by atoms with Gasteiger partial charge in [-0.05, 0) is 36.6 Å². The van der Waals surface area contributed by atoms with Gasteiger partial charge in [-0.1, -0.05) is 0 Å². The molecule has 0 saturated carbocycles. The molecule has 2 rings (SSSR count). The van der Waals surface area contributed by atoms with Crippen LogP contribution in [0.15, 0.2) is 35.3 Å². The molecule has 0 saturated heterocycles. The van der Waals surface area contributed by atoms with Crippen molar-refractivity contribution >= 4 is 10.8 Å². The van der Waals surface area contributed by atoms with Crippen LogP contribution in [0, 0.1) is 11.3 Å². The van der Waals surface area contributed by atoms with Crippen molar-refractivity contribution in [2.24, 2.45) is 0 Å². The average molecular weight is 242 g/mol. The van der Waals surface area contributed by atoms with E-state index in [-0.39, 0.29) is 5.56 Å². The predicted octanol–water partition coefficient (Wildman–Crippen LogP) is 2.31. The molecular weight excluding hydrogens is 228 g/mol. The third-order valence-electron chi connectivity index (χ3n) is 2.72. The second-order valence-electron chi connectivity index (χ2n) is 3.90. The Kier molecular flexibility index (Phi) is 3.63. The largest absolute Gasteiger partial charge is 0.494 e. The Morgan fingerprint density at radius 1 is 1.39 bits per heavy atom. The van der Waals surface area contributed by atoms with Crippen LogP contribution in [0.25, 0.3) is 10.8 Å². The molecule has 18 heavy (non-hydrogen) atoms. The third-order valence-corrected chi connectivity index (χ3v) is 2.72. The summed E-state index contributed by atoms with van der Waals surface area (Å²) in [5.41, 5.74) is -0.0641. The molecule has 2 aromatic rings. The van der Waals surface area contributed by atoms with Gasteiger partial charge in [-0.15, -0.1) is 0 Å². The van der Waals surface area contributed by atoms with Crippen molar-refractivity contribution in [3.63, 3.8) is 0 Å². The Morgan fingerprint density at radius 3 is 2.94 bits per heavy atom. The monoisotopic (exact) mass is 242 g/mol. The lowest BCUT2D eigenvalue weighted by Crippen LogP contribution is -2.19. The van der Waals surface area contributed by atoms with E-state index < -0.39 is 0 Å². The number of pyridine rings is 1. The molecule has 0 N–H and O–H groups in total. The van der Waals surface area contributed by atoms with E-state index in [2.05, 4.69) is 0 Å². The van der Waals surface area contributed by atoms with Gasteiger partial charge >= 0.3 is 0 Å². The van der Waals surface area contributed by atoms with Crippen LogP contribution in [0.3, 0.4) is 0 Å². The number of rotatable bonds is 4. The molecule has 0 radical (unpaired) electrons. The van der Waals surface area contributed by atoms with Gasteiger partial charge in [-0.2, -0.15) is 5.26 Å². The molecule has 0 bridgehead atoms. The lowest BCUT2D eigenvalue weighted by molar-refractivity contribution is 0.340. The second-order valence-corrected chi connectivity index (χ2v) is 3.90. The van der Waals surface area contributed by atoms with Crippen LogP contribution in [0.5, 0.6) is 5.75 Å². The number of hydrogen-bond acceptors (Lipinski definition) is 3. The summed E-state index contributed by atoms with van der Waals surface area (Å²) in [6.45, 7) is 2.95. The Labute approximate surface area is 105 Å². The summed E-state index contributed by atoms with van der Waals surface area (Å²) in [5, 5.41) is 10.1. The van der Waals surface area contributed by atoms with Crippen molar-refractivity contribution in [2.75, 3.05) is 6.61 Å². The van der Waals surface area contributed by atoms with Crippen LogP contribution in [0.4, 0.5) is 0 Å². The highest BCUT2D eigenvalue weighted by Gasteiger charge is 2.03. The highest BCUT2D eigenvalue weighted by Crippen LogP contribution is 2.18. The zero-order chi connectivity index (χ0) is 13.0. The Bertz CT molecular complexity index is 653. The maximum atomic E-state index is 12.1. The maximum Gasteiger partial charge on any atom is 0.258 e. The van der Waals surface area contributed by atoms with E-state index in [1.165, 1.54) is 0 Å². The maximum absolute atomic E-state index is 12.1. The molecule has 0 aliphatic carbocycles. The summed E-state index contributed by atoms with van der Waals surface area (Å²) < 4.78 is 6.96. The van der Waals surface area contributed by atoms with E-state index in [9.17, 15) is 4.79 Å². The van der Waals surface area contributed by atoms with Gasteiger partial charge in [-0.25, -0.2) is 0 Å². The summed E-state index contributed by atoms with van der Waals surface area (Å²) in [7, 11) is 0. The quantitative estimate of drug-likeness (QED) is 0.826. The molecule has 0 aliphatic rings. The summed E-state index contributed by atoms with van der Waals surface area (Å²) in [6.07, 6.45) is 2.06. The minimum Gasteiger partial charge on any atom is -0.494 e. The minimum atomic E-state index is -0.0641. The van der Waals surface area contributed by atoms with Gasteiger partial charge in [0.1, 0.15) is 5.75 Å². The van der Waals surface area contributed by atoms with Crippen molar-refractivity contribution in [2.45, 2.75) is 19.9 Å². The lowest BCUT2D eigenvalue weighted by Gasteiger charge is -2.07. The Hall–Kier alpha value is -2.28. The van der Waals surface area contributed by atoms with E-state index in [0.717, 1.165) is 11.1 Å². The fourth-order valence-electron chi connectivity index (χ4n) is 1.87. The fourth-order valence-corrected chi connectivity index (χ4v) is 1.87. The van der Waals surface area contributed by atoms with Crippen LogP contribution >= 0.6 is 0 Å². The topological polar surface area (TPSA) is 55.0 Å². The number of benzene rings is 1. The van der Waals surface area contributed by atoms with Gasteiger partial charge in [0.2, 0.25) is 0 Å². The second kappa shape index (κ2) is 5.37. The first kappa shape index (κ1) is 12.2. The summed E-state index contributed by atoms with van der Waals surface area (Å²) >= 11 is 0. The Balaban J connectivity index is 2.46. The van der Waals surface area contributed by atoms with Crippen LogP contribution in [0.2, 0.25) is 0 Å². The third kappa shape index (κ3) is 2.35. The average Bonchev–Trinajstić information content (AvgIpc) is 2.38. The molecule has 0 amide bonds. The molecule has 0 spiro atoms. The molecule has 1 aromatic carbocycles. The predicted molar refractivity (Wildman–Crippen MR) is 69.6 cm³/mol. The molecule has 92 valence electrons. The molecule has 0 fully saturated rings. The normalized spacial score (nSPS) is 10.2. The molecular formula is C14H14N2O2. The summed E-state index contributed by atoms with van der Waals surface area (Å²) in [5.74, 6) is 0.763. The Morgan fingerprint density at radius 2 is 2.22 bits per heavy atom. The number of hydrogen-bond donors (Lipinski definition) is 0. The first-order valence-corrected chi connectivity index (χ1v) is 5.89. The van der Waals surface area contributed by atoms with E-state index in [1.807, 2.05) is 25.1 Å². The zero-order valence-corrected chi connectivity index (χ0v) is 10.2. The smallest absolute Gasteiger partial charge is 0.258 e. The van der Waals surface area contributed by atoms with Crippen LogP contribution in [-0.4, -0.2) is 11.2 Å². The molecule has 0 atom stereocenters. The number of ether oxygens (including phenoxy) is 1. The van der Waals surface area contributed by atoms with Gasteiger partial charge < -0.3 is 9.30 Å². The highest BCUT2D eigenvalue weighted by atomic mass is 16.5. The number of aryl methyl sites for hydroxylation is 1. The molecule has 4 nitrogen and oxygen atoms in total. The van der Waals surface area contributed by atoms with Crippen molar-refractivity contribution < 1.29 is 4.74 Å². The molecule has 1 heterocycles.